The quantitative estimate of drug-likeness (QED) is 0.814. The first-order valence-corrected chi connectivity index (χ1v) is 10.1. The van der Waals surface area contributed by atoms with E-state index in [-0.39, 0.29) is 43.4 Å². The SMILES string of the molecule is O=C(O)Cc1ccccc1C(=O)N1CCN(S(=O)(=O)c2ccc(F)cc2)CC1. The van der Waals surface area contributed by atoms with Crippen LogP contribution in [0.3, 0.4) is 0 Å². The molecule has 0 spiro atoms. The lowest BCUT2D eigenvalue weighted by Gasteiger charge is -2.34. The molecule has 1 aliphatic heterocycles. The Morgan fingerprint density at radius 2 is 1.57 bits per heavy atom. The highest BCUT2D eigenvalue weighted by Crippen LogP contribution is 2.20. The largest absolute Gasteiger partial charge is 0.481 e. The summed E-state index contributed by atoms with van der Waals surface area (Å²) in [5.41, 5.74) is 0.723. The van der Waals surface area contributed by atoms with Crippen molar-refractivity contribution in [3.63, 3.8) is 0 Å². The van der Waals surface area contributed by atoms with Crippen LogP contribution in [0.5, 0.6) is 0 Å². The first-order valence-electron chi connectivity index (χ1n) is 8.64. The minimum absolute atomic E-state index is 0.000445. The minimum Gasteiger partial charge on any atom is -0.481 e. The van der Waals surface area contributed by atoms with Crippen molar-refractivity contribution in [1.82, 2.24) is 9.21 Å². The second-order valence-electron chi connectivity index (χ2n) is 6.38. The van der Waals surface area contributed by atoms with Gasteiger partial charge < -0.3 is 10.0 Å². The van der Waals surface area contributed by atoms with E-state index >= 15 is 0 Å². The van der Waals surface area contributed by atoms with Gasteiger partial charge in [0.2, 0.25) is 10.0 Å². The van der Waals surface area contributed by atoms with Crippen LogP contribution in [0.25, 0.3) is 0 Å². The van der Waals surface area contributed by atoms with Gasteiger partial charge in [0.25, 0.3) is 5.91 Å². The summed E-state index contributed by atoms with van der Waals surface area (Å²) in [5, 5.41) is 9.01. The molecule has 0 saturated carbocycles. The number of carbonyl (C=O) groups excluding carboxylic acids is 1. The van der Waals surface area contributed by atoms with E-state index in [1.54, 1.807) is 24.3 Å². The normalized spacial score (nSPS) is 15.4. The van der Waals surface area contributed by atoms with E-state index in [1.165, 1.54) is 21.3 Å². The maximum atomic E-state index is 13.0. The predicted octanol–water partition coefficient (Wildman–Crippen LogP) is 1.60. The summed E-state index contributed by atoms with van der Waals surface area (Å²) in [5.74, 6) is -1.87. The molecule has 28 heavy (non-hydrogen) atoms. The molecule has 1 fully saturated rings. The number of piperazine rings is 1. The fourth-order valence-electron chi connectivity index (χ4n) is 3.10. The molecule has 0 unspecified atom stereocenters. The van der Waals surface area contributed by atoms with E-state index in [0.717, 1.165) is 12.1 Å². The summed E-state index contributed by atoms with van der Waals surface area (Å²) < 4.78 is 39.6. The molecule has 2 aromatic carbocycles. The maximum Gasteiger partial charge on any atom is 0.307 e. The van der Waals surface area contributed by atoms with Crippen LogP contribution in [-0.2, 0) is 21.2 Å². The zero-order valence-electron chi connectivity index (χ0n) is 14.9. The Bertz CT molecular complexity index is 984. The molecule has 1 saturated heterocycles. The molecule has 0 aromatic heterocycles. The van der Waals surface area contributed by atoms with Crippen LogP contribution in [0.1, 0.15) is 15.9 Å². The fraction of sp³-hybridized carbons (Fsp3) is 0.263. The third-order valence-electron chi connectivity index (χ3n) is 4.57. The molecule has 0 atom stereocenters. The smallest absolute Gasteiger partial charge is 0.307 e. The van der Waals surface area contributed by atoms with Crippen molar-refractivity contribution in [2.45, 2.75) is 11.3 Å². The second kappa shape index (κ2) is 8.07. The summed E-state index contributed by atoms with van der Waals surface area (Å²) in [6.07, 6.45) is -0.263. The van der Waals surface area contributed by atoms with Crippen LogP contribution >= 0.6 is 0 Å². The molecule has 0 aliphatic carbocycles. The first kappa shape index (κ1) is 20.0. The Hall–Kier alpha value is -2.78. The van der Waals surface area contributed by atoms with Gasteiger partial charge in [0.1, 0.15) is 5.82 Å². The van der Waals surface area contributed by atoms with E-state index in [2.05, 4.69) is 0 Å². The van der Waals surface area contributed by atoms with Crippen LogP contribution in [0.15, 0.2) is 53.4 Å². The van der Waals surface area contributed by atoms with Crippen molar-refractivity contribution in [3.05, 3.63) is 65.5 Å². The number of benzene rings is 2. The summed E-state index contributed by atoms with van der Waals surface area (Å²) in [6, 6.07) is 11.1. The van der Waals surface area contributed by atoms with Gasteiger partial charge in [0.05, 0.1) is 11.3 Å². The van der Waals surface area contributed by atoms with E-state index in [1.807, 2.05) is 0 Å². The van der Waals surface area contributed by atoms with Gasteiger partial charge in [-0.25, -0.2) is 12.8 Å². The molecule has 148 valence electrons. The lowest BCUT2D eigenvalue weighted by molar-refractivity contribution is -0.136. The number of carboxylic acids is 1. The summed E-state index contributed by atoms with van der Waals surface area (Å²) in [4.78, 5) is 25.3. The number of rotatable bonds is 5. The van der Waals surface area contributed by atoms with E-state index in [9.17, 15) is 22.4 Å². The molecule has 1 heterocycles. The molecule has 9 heteroatoms. The Labute approximate surface area is 162 Å². The third kappa shape index (κ3) is 4.20. The van der Waals surface area contributed by atoms with Gasteiger partial charge in [-0.05, 0) is 35.9 Å². The number of hydrogen-bond donors (Lipinski definition) is 1. The monoisotopic (exact) mass is 406 g/mol. The maximum absolute atomic E-state index is 13.0. The second-order valence-corrected chi connectivity index (χ2v) is 8.32. The predicted molar refractivity (Wildman–Crippen MR) is 98.8 cm³/mol. The lowest BCUT2D eigenvalue weighted by Crippen LogP contribution is -2.50. The van der Waals surface area contributed by atoms with Crippen molar-refractivity contribution in [2.24, 2.45) is 0 Å². The van der Waals surface area contributed by atoms with Crippen LogP contribution in [0.2, 0.25) is 0 Å². The van der Waals surface area contributed by atoms with Crippen LogP contribution in [-0.4, -0.2) is 60.8 Å². The van der Waals surface area contributed by atoms with E-state index in [4.69, 9.17) is 5.11 Å². The number of carbonyl (C=O) groups is 2. The summed E-state index contributed by atoms with van der Waals surface area (Å²) >= 11 is 0. The molecule has 2 aromatic rings. The molecule has 7 nitrogen and oxygen atoms in total. The van der Waals surface area contributed by atoms with Gasteiger partial charge in [-0.15, -0.1) is 0 Å². The highest BCUT2D eigenvalue weighted by Gasteiger charge is 2.31. The van der Waals surface area contributed by atoms with Crippen molar-refractivity contribution in [1.29, 1.82) is 0 Å². The minimum atomic E-state index is -3.77. The molecule has 3 rings (SSSR count). The molecule has 0 bridgehead atoms. The van der Waals surface area contributed by atoms with Crippen molar-refractivity contribution in [2.75, 3.05) is 26.2 Å². The van der Waals surface area contributed by atoms with Gasteiger partial charge in [0.15, 0.2) is 0 Å². The first-order chi connectivity index (χ1) is 13.3. The number of aliphatic carboxylic acids is 1. The molecule has 1 aliphatic rings. The summed E-state index contributed by atoms with van der Waals surface area (Å²) in [7, 11) is -3.77. The zero-order valence-corrected chi connectivity index (χ0v) is 15.7. The molecule has 1 amide bonds. The number of amides is 1. The topological polar surface area (TPSA) is 95.0 Å². The number of sulfonamides is 1. The number of nitrogens with zero attached hydrogens (tertiary/aromatic N) is 2. The molecular formula is C19H19FN2O5S. The summed E-state index contributed by atoms with van der Waals surface area (Å²) in [6.45, 7) is 0.570. The molecular weight excluding hydrogens is 387 g/mol. The number of halogens is 1. The van der Waals surface area contributed by atoms with Gasteiger partial charge in [-0.3, -0.25) is 9.59 Å². The molecule has 1 N–H and O–H groups in total. The van der Waals surface area contributed by atoms with Crippen molar-refractivity contribution >= 4 is 21.9 Å². The Morgan fingerprint density at radius 3 is 2.18 bits per heavy atom. The van der Waals surface area contributed by atoms with Crippen molar-refractivity contribution < 1.29 is 27.5 Å². The molecule has 0 radical (unpaired) electrons. The van der Waals surface area contributed by atoms with Gasteiger partial charge in [-0.1, -0.05) is 18.2 Å². The average Bonchev–Trinajstić information content (AvgIpc) is 2.68. The fourth-order valence-corrected chi connectivity index (χ4v) is 4.53. The van der Waals surface area contributed by atoms with Gasteiger partial charge >= 0.3 is 5.97 Å². The van der Waals surface area contributed by atoms with E-state index in [0.29, 0.717) is 11.1 Å². The van der Waals surface area contributed by atoms with Crippen LogP contribution in [0, 0.1) is 5.82 Å². The van der Waals surface area contributed by atoms with Crippen molar-refractivity contribution in [3.8, 4) is 0 Å². The van der Waals surface area contributed by atoms with E-state index < -0.39 is 21.8 Å². The average molecular weight is 406 g/mol. The highest BCUT2D eigenvalue weighted by molar-refractivity contribution is 7.89. The number of carboxylic acid groups (broad SMARTS) is 1. The Kier molecular flexibility index (Phi) is 5.76. The van der Waals surface area contributed by atoms with Crippen LogP contribution < -0.4 is 0 Å². The number of hydrogen-bond acceptors (Lipinski definition) is 4. The standard InChI is InChI=1S/C19H19FN2O5S/c20-15-5-7-16(8-6-15)28(26,27)22-11-9-21(10-12-22)19(25)17-4-2-1-3-14(17)13-18(23)24/h1-8H,9-13H2,(H,23,24). The highest BCUT2D eigenvalue weighted by atomic mass is 32.2. The third-order valence-corrected chi connectivity index (χ3v) is 6.48. The Balaban J connectivity index is 1.71. The van der Waals surface area contributed by atoms with Gasteiger partial charge in [0, 0.05) is 31.7 Å². The zero-order chi connectivity index (χ0) is 20.3. The van der Waals surface area contributed by atoms with Crippen LogP contribution in [0.4, 0.5) is 4.39 Å². The van der Waals surface area contributed by atoms with Gasteiger partial charge in [-0.2, -0.15) is 4.31 Å². The Morgan fingerprint density at radius 1 is 0.964 bits per heavy atom. The lowest BCUT2D eigenvalue weighted by atomic mass is 10.0.